The number of anilines is 2. The molecule has 2 atom stereocenters. The van der Waals surface area contributed by atoms with Gasteiger partial charge < -0.3 is 29.8 Å². The molecule has 7 aromatic rings. The van der Waals surface area contributed by atoms with E-state index in [0.29, 0.717) is 73.0 Å². The van der Waals surface area contributed by atoms with Crippen molar-refractivity contribution in [2.75, 3.05) is 49.7 Å². The van der Waals surface area contributed by atoms with E-state index in [2.05, 4.69) is 24.9 Å². The van der Waals surface area contributed by atoms with Crippen LogP contribution in [-0.2, 0) is 26.5 Å². The third-order valence-corrected chi connectivity index (χ3v) is 13.5. The van der Waals surface area contributed by atoms with Crippen LogP contribution in [0.15, 0.2) is 113 Å². The number of piperidine rings is 1. The number of hydrogen-bond acceptors (Lipinski definition) is 12. The molecule has 0 saturated carbocycles. The molecule has 19 heteroatoms. The number of aliphatic hydroxyl groups excluding tert-OH is 1. The lowest BCUT2D eigenvalue weighted by Crippen LogP contribution is -2.36. The number of ether oxygens (including phenoxy) is 2. The number of benzene rings is 4. The summed E-state index contributed by atoms with van der Waals surface area (Å²) in [7, 11) is -3.16. The van der Waals surface area contributed by atoms with Gasteiger partial charge in [0.05, 0.1) is 58.6 Å². The zero-order chi connectivity index (χ0) is 44.7. The molecular formula is C45H43ClN8O9S. The highest BCUT2D eigenvalue weighted by Gasteiger charge is 2.31. The van der Waals surface area contributed by atoms with E-state index in [1.807, 2.05) is 48.5 Å². The van der Waals surface area contributed by atoms with Crippen LogP contribution in [0.2, 0.25) is 5.02 Å². The molecule has 2 fully saturated rings. The lowest BCUT2D eigenvalue weighted by Gasteiger charge is -2.36. The van der Waals surface area contributed by atoms with Gasteiger partial charge in [-0.3, -0.25) is 19.7 Å². The fourth-order valence-corrected chi connectivity index (χ4v) is 9.65. The maximum absolute atomic E-state index is 14.3. The van der Waals surface area contributed by atoms with Crippen molar-refractivity contribution in [3.63, 3.8) is 0 Å². The monoisotopic (exact) mass is 906 g/mol. The maximum Gasteiger partial charge on any atom is 0.293 e. The summed E-state index contributed by atoms with van der Waals surface area (Å²) < 4.78 is 43.6. The summed E-state index contributed by atoms with van der Waals surface area (Å²) >= 11 is 6.16. The standard InChI is InChI=1S/C45H43ClN8O9S/c1-51-45(57)41-40(22-29-14-17-47-43(29)49-41)53(51)38-23-31(52-18-15-28(16-19-52)42(55)35-5-3-2-4-34(35)27-6-8-30(46)9-7-27)10-12-36(38)44(56)50-64(60,61)33-11-13-37(39(24-33)54(58)59)48-25-32-26-62-20-21-63-32/h2-14,17,22-24,28,32,42,48,55H,15-16,18-21,25-26H2,1H3,(H,47,49)(H,50,56)/t32-,42-/m1/s1. The zero-order valence-corrected chi connectivity index (χ0v) is 36.0. The van der Waals surface area contributed by atoms with E-state index in [-0.39, 0.29) is 41.0 Å². The van der Waals surface area contributed by atoms with E-state index in [9.17, 15) is 33.2 Å². The Morgan fingerprint density at radius 3 is 2.56 bits per heavy atom. The molecule has 3 aromatic heterocycles. The van der Waals surface area contributed by atoms with Crippen molar-refractivity contribution in [1.29, 1.82) is 0 Å². The average Bonchev–Trinajstić information content (AvgIpc) is 3.87. The van der Waals surface area contributed by atoms with Crippen LogP contribution < -0.4 is 20.5 Å². The molecule has 330 valence electrons. The van der Waals surface area contributed by atoms with Gasteiger partial charge in [-0.1, -0.05) is 48.0 Å². The number of nitro groups is 1. The quantitative estimate of drug-likeness (QED) is 0.0782. The average molecular weight is 907 g/mol. The fourth-order valence-electron chi connectivity index (χ4n) is 8.54. The second-order valence-corrected chi connectivity index (χ2v) is 17.9. The van der Waals surface area contributed by atoms with Crippen molar-refractivity contribution in [2.24, 2.45) is 13.0 Å². The van der Waals surface area contributed by atoms with Gasteiger partial charge in [0.15, 0.2) is 5.52 Å². The number of pyridine rings is 1. The van der Waals surface area contributed by atoms with E-state index in [0.717, 1.165) is 22.8 Å². The van der Waals surface area contributed by atoms with Gasteiger partial charge in [0, 0.05) is 55.0 Å². The Bertz CT molecular complexity index is 3080. The number of amides is 1. The Kier molecular flexibility index (Phi) is 11.7. The first-order valence-corrected chi connectivity index (χ1v) is 22.5. The highest BCUT2D eigenvalue weighted by molar-refractivity contribution is 7.90. The number of fused-ring (bicyclic) bond motifs is 2. The first kappa shape index (κ1) is 42.7. The van der Waals surface area contributed by atoms with Crippen LogP contribution in [-0.4, -0.2) is 89.2 Å². The Labute approximate surface area is 371 Å². The molecule has 0 bridgehead atoms. The second-order valence-electron chi connectivity index (χ2n) is 15.8. The van der Waals surface area contributed by atoms with Crippen LogP contribution in [0, 0.1) is 16.0 Å². The lowest BCUT2D eigenvalue weighted by atomic mass is 9.84. The number of nitro benzene ring substituents is 1. The van der Waals surface area contributed by atoms with Crippen LogP contribution in [0.25, 0.3) is 38.9 Å². The molecule has 2 aliphatic rings. The van der Waals surface area contributed by atoms with Crippen molar-refractivity contribution in [3.8, 4) is 16.8 Å². The van der Waals surface area contributed by atoms with Gasteiger partial charge in [0.25, 0.3) is 27.2 Å². The summed E-state index contributed by atoms with van der Waals surface area (Å²) in [6.07, 6.45) is 1.87. The number of aromatic amines is 1. The maximum atomic E-state index is 14.3. The summed E-state index contributed by atoms with van der Waals surface area (Å²) in [4.78, 5) is 48.6. The molecule has 64 heavy (non-hydrogen) atoms. The van der Waals surface area contributed by atoms with Crippen LogP contribution >= 0.6 is 11.6 Å². The zero-order valence-electron chi connectivity index (χ0n) is 34.4. The minimum atomic E-state index is -4.68. The van der Waals surface area contributed by atoms with Crippen LogP contribution in [0.5, 0.6) is 0 Å². The first-order chi connectivity index (χ1) is 30.9. The van der Waals surface area contributed by atoms with E-state index < -0.39 is 43.1 Å². The Hall–Kier alpha value is -6.57. The molecule has 2 saturated heterocycles. The van der Waals surface area contributed by atoms with E-state index in [1.165, 1.54) is 34.6 Å². The summed E-state index contributed by atoms with van der Waals surface area (Å²) in [5.41, 5.74) is 3.57. The molecule has 0 aliphatic carbocycles. The highest BCUT2D eigenvalue weighted by atomic mass is 35.5. The lowest BCUT2D eigenvalue weighted by molar-refractivity contribution is -0.384. The predicted molar refractivity (Wildman–Crippen MR) is 242 cm³/mol. The summed E-state index contributed by atoms with van der Waals surface area (Å²) in [5, 5.41) is 28.2. The Morgan fingerprint density at radius 2 is 1.81 bits per heavy atom. The molecular weight excluding hydrogens is 864 g/mol. The van der Waals surface area contributed by atoms with Crippen molar-refractivity contribution < 1.29 is 32.7 Å². The number of rotatable bonds is 12. The van der Waals surface area contributed by atoms with E-state index in [4.69, 9.17) is 21.1 Å². The number of aliphatic hydroxyl groups is 1. The van der Waals surface area contributed by atoms with Gasteiger partial charge >= 0.3 is 0 Å². The number of nitrogens with zero attached hydrogens (tertiary/aromatic N) is 5. The van der Waals surface area contributed by atoms with Crippen molar-refractivity contribution in [2.45, 2.75) is 29.9 Å². The predicted octanol–water partition coefficient (Wildman–Crippen LogP) is 6.33. The first-order valence-electron chi connectivity index (χ1n) is 20.6. The minimum absolute atomic E-state index is 0.0640. The number of halogens is 1. The molecule has 17 nitrogen and oxygen atoms in total. The van der Waals surface area contributed by atoms with E-state index in [1.54, 1.807) is 30.5 Å². The third-order valence-electron chi connectivity index (χ3n) is 11.9. The fraction of sp³-hybridized carbons (Fsp3) is 0.267. The van der Waals surface area contributed by atoms with Gasteiger partial charge in [-0.15, -0.1) is 0 Å². The third kappa shape index (κ3) is 8.33. The summed E-state index contributed by atoms with van der Waals surface area (Å²) in [5.74, 6) is -1.10. The number of hydrogen-bond donors (Lipinski definition) is 4. The molecule has 1 amide bonds. The molecule has 9 rings (SSSR count). The molecule has 5 heterocycles. The minimum Gasteiger partial charge on any atom is -0.388 e. The van der Waals surface area contributed by atoms with Gasteiger partial charge in [-0.25, -0.2) is 27.5 Å². The van der Waals surface area contributed by atoms with Gasteiger partial charge in [0.2, 0.25) is 0 Å². The number of nitrogens with one attached hydrogen (secondary N) is 3. The largest absolute Gasteiger partial charge is 0.388 e. The number of carbonyl (C=O) groups excluding carboxylic acids is 1. The van der Waals surface area contributed by atoms with Crippen molar-refractivity contribution in [1.82, 2.24) is 24.1 Å². The van der Waals surface area contributed by atoms with Crippen molar-refractivity contribution >= 4 is 66.7 Å². The van der Waals surface area contributed by atoms with Gasteiger partial charge in [-0.05, 0) is 90.0 Å². The molecule has 0 radical (unpaired) electrons. The smallest absolute Gasteiger partial charge is 0.293 e. The van der Waals surface area contributed by atoms with Crippen LogP contribution in [0.3, 0.4) is 0 Å². The molecule has 0 unspecified atom stereocenters. The molecule has 4 aromatic carbocycles. The molecule has 2 aliphatic heterocycles. The SMILES string of the molecule is Cn1c(=O)c2nc3[nH]ccc3cc2n1-c1cc(N2CCC([C@@H](O)c3ccccc3-c3ccc(Cl)cc3)CC2)ccc1C(=O)NS(=O)(=O)c1ccc(NC[C@@H]2COCCO2)c([N+](=O)[O-])c1. The summed E-state index contributed by atoms with van der Waals surface area (Å²) in [6.45, 7) is 2.41. The van der Waals surface area contributed by atoms with Crippen molar-refractivity contribution in [3.05, 3.63) is 140 Å². The molecule has 4 N–H and O–H groups in total. The topological polar surface area (TPSA) is 216 Å². The van der Waals surface area contributed by atoms with Crippen LogP contribution in [0.1, 0.15) is 34.9 Å². The Balaban J connectivity index is 1.02. The van der Waals surface area contributed by atoms with Gasteiger partial charge in [0.1, 0.15) is 11.3 Å². The second kappa shape index (κ2) is 17.5. The van der Waals surface area contributed by atoms with Crippen LogP contribution in [0.4, 0.5) is 17.1 Å². The number of carbonyl (C=O) groups is 1. The Morgan fingerprint density at radius 1 is 1.03 bits per heavy atom. The molecule has 0 spiro atoms. The number of sulfonamides is 1. The highest BCUT2D eigenvalue weighted by Crippen LogP contribution is 2.38. The summed E-state index contributed by atoms with van der Waals surface area (Å²) in [6, 6.07) is 27.1. The van der Waals surface area contributed by atoms with Gasteiger partial charge in [-0.2, -0.15) is 0 Å². The normalized spacial score (nSPS) is 16.5. The van der Waals surface area contributed by atoms with E-state index >= 15 is 0 Å². The number of aromatic nitrogens is 4. The number of H-pyrrole nitrogens is 1.